The molecule has 1 atom stereocenters. The molecule has 2 aromatic rings. The van der Waals surface area contributed by atoms with Crippen LogP contribution in [0.25, 0.3) is 11.4 Å². The first kappa shape index (κ1) is 16.1. The third kappa shape index (κ3) is 3.38. The highest BCUT2D eigenvalue weighted by molar-refractivity contribution is 5.69. The summed E-state index contributed by atoms with van der Waals surface area (Å²) in [4.78, 5) is 16.5. The molecule has 2 aliphatic rings. The van der Waals surface area contributed by atoms with Crippen molar-refractivity contribution >= 4 is 6.09 Å². The molecule has 0 aliphatic heterocycles. The van der Waals surface area contributed by atoms with Gasteiger partial charge in [0.25, 0.3) is 0 Å². The maximum Gasteiger partial charge on any atom is 0.407 e. The van der Waals surface area contributed by atoms with E-state index in [4.69, 9.17) is 9.26 Å². The predicted octanol–water partition coefficient (Wildman–Crippen LogP) is 3.96. The Kier molecular flexibility index (Phi) is 4.42. The standard InChI is InChI=1S/C19H23N3O3/c1-2-17-21-18(22-25-17)13-7-9-15-12(11-13)8-10-16(15)20-19(23)24-14-5-3-4-6-14/h7,9,11,14,16H,2-6,8,10H2,1H3,(H,20,23)/t16-/m1/s1. The van der Waals surface area contributed by atoms with Crippen molar-refractivity contribution in [1.82, 2.24) is 15.5 Å². The summed E-state index contributed by atoms with van der Waals surface area (Å²) in [6.07, 6.45) is 6.64. The molecule has 6 nitrogen and oxygen atoms in total. The van der Waals surface area contributed by atoms with Crippen molar-refractivity contribution < 1.29 is 14.1 Å². The average molecular weight is 341 g/mol. The molecule has 0 radical (unpaired) electrons. The summed E-state index contributed by atoms with van der Waals surface area (Å²) in [6.45, 7) is 1.99. The molecule has 1 aromatic carbocycles. The van der Waals surface area contributed by atoms with E-state index in [1.54, 1.807) is 0 Å². The van der Waals surface area contributed by atoms with Crippen molar-refractivity contribution in [3.8, 4) is 11.4 Å². The summed E-state index contributed by atoms with van der Waals surface area (Å²) in [5.41, 5.74) is 3.34. The monoisotopic (exact) mass is 341 g/mol. The zero-order chi connectivity index (χ0) is 17.2. The lowest BCUT2D eigenvalue weighted by atomic mass is 10.0. The average Bonchev–Trinajstić information content (AvgIpc) is 3.35. The first-order valence-corrected chi connectivity index (χ1v) is 9.16. The number of benzene rings is 1. The SMILES string of the molecule is CCc1nc(-c2ccc3c(c2)CC[C@H]3NC(=O)OC2CCCC2)no1. The number of carbonyl (C=O) groups excluding carboxylic acids is 1. The summed E-state index contributed by atoms with van der Waals surface area (Å²) in [5.74, 6) is 1.27. The Morgan fingerprint density at radius 2 is 2.16 bits per heavy atom. The number of fused-ring (bicyclic) bond motifs is 1. The van der Waals surface area contributed by atoms with E-state index in [0.29, 0.717) is 11.7 Å². The normalized spacial score (nSPS) is 19.8. The van der Waals surface area contributed by atoms with Gasteiger partial charge in [-0.3, -0.25) is 0 Å². The molecular weight excluding hydrogens is 318 g/mol. The molecule has 0 saturated heterocycles. The van der Waals surface area contributed by atoms with Crippen molar-refractivity contribution in [3.05, 3.63) is 35.2 Å². The molecule has 6 heteroatoms. The van der Waals surface area contributed by atoms with Gasteiger partial charge in [0, 0.05) is 12.0 Å². The predicted molar refractivity (Wildman–Crippen MR) is 92.0 cm³/mol. The summed E-state index contributed by atoms with van der Waals surface area (Å²) < 4.78 is 10.7. The van der Waals surface area contributed by atoms with Crippen LogP contribution >= 0.6 is 0 Å². The van der Waals surface area contributed by atoms with Gasteiger partial charge in [0.15, 0.2) is 0 Å². The second-order valence-corrected chi connectivity index (χ2v) is 6.83. The molecule has 1 fully saturated rings. The van der Waals surface area contributed by atoms with E-state index in [9.17, 15) is 4.79 Å². The summed E-state index contributed by atoms with van der Waals surface area (Å²) in [7, 11) is 0. The summed E-state index contributed by atoms with van der Waals surface area (Å²) in [5, 5.41) is 7.06. The fraction of sp³-hybridized carbons (Fsp3) is 0.526. The molecule has 0 spiro atoms. The quantitative estimate of drug-likeness (QED) is 0.911. The van der Waals surface area contributed by atoms with Crippen molar-refractivity contribution in [1.29, 1.82) is 0 Å². The van der Waals surface area contributed by atoms with E-state index in [1.165, 1.54) is 5.56 Å². The van der Waals surface area contributed by atoms with Gasteiger partial charge in [-0.15, -0.1) is 0 Å². The van der Waals surface area contributed by atoms with Crippen LogP contribution < -0.4 is 5.32 Å². The lowest BCUT2D eigenvalue weighted by Gasteiger charge is -2.17. The third-order valence-corrected chi connectivity index (χ3v) is 5.12. The Morgan fingerprint density at radius 1 is 1.32 bits per heavy atom. The Labute approximate surface area is 147 Å². The molecular formula is C19H23N3O3. The number of aryl methyl sites for hydroxylation is 2. The van der Waals surface area contributed by atoms with Crippen molar-refractivity contribution in [2.45, 2.75) is 64.0 Å². The topological polar surface area (TPSA) is 77.2 Å². The Bertz CT molecular complexity index is 765. The van der Waals surface area contributed by atoms with E-state index in [-0.39, 0.29) is 18.2 Å². The molecule has 1 amide bonds. The number of alkyl carbamates (subject to hydrolysis) is 1. The first-order valence-electron chi connectivity index (χ1n) is 9.16. The van der Waals surface area contributed by atoms with Gasteiger partial charge in [-0.05, 0) is 55.7 Å². The van der Waals surface area contributed by atoms with Crippen molar-refractivity contribution in [3.63, 3.8) is 0 Å². The molecule has 1 aromatic heterocycles. The van der Waals surface area contributed by atoms with Gasteiger partial charge >= 0.3 is 6.09 Å². The number of ether oxygens (including phenoxy) is 1. The van der Waals surface area contributed by atoms with Crippen LogP contribution in [0.5, 0.6) is 0 Å². The second kappa shape index (κ2) is 6.86. The highest BCUT2D eigenvalue weighted by atomic mass is 16.6. The largest absolute Gasteiger partial charge is 0.446 e. The van der Waals surface area contributed by atoms with Gasteiger partial charge in [0.1, 0.15) is 6.10 Å². The number of nitrogens with zero attached hydrogens (tertiary/aromatic N) is 2. The molecule has 2 aliphatic carbocycles. The zero-order valence-corrected chi connectivity index (χ0v) is 14.5. The fourth-order valence-electron chi connectivity index (χ4n) is 3.76. The van der Waals surface area contributed by atoms with Crippen molar-refractivity contribution in [2.75, 3.05) is 0 Å². The van der Waals surface area contributed by atoms with Crippen LogP contribution in [0.15, 0.2) is 22.7 Å². The molecule has 25 heavy (non-hydrogen) atoms. The summed E-state index contributed by atoms with van der Waals surface area (Å²) in [6, 6.07) is 6.17. The van der Waals surface area contributed by atoms with Crippen LogP contribution in [0.3, 0.4) is 0 Å². The lowest BCUT2D eigenvalue weighted by Crippen LogP contribution is -2.30. The highest BCUT2D eigenvalue weighted by Crippen LogP contribution is 2.34. The highest BCUT2D eigenvalue weighted by Gasteiger charge is 2.27. The Morgan fingerprint density at radius 3 is 2.92 bits per heavy atom. The first-order chi connectivity index (χ1) is 12.2. The van der Waals surface area contributed by atoms with Gasteiger partial charge in [-0.2, -0.15) is 4.98 Å². The minimum atomic E-state index is -0.292. The van der Waals surface area contributed by atoms with Gasteiger partial charge in [0.05, 0.1) is 6.04 Å². The van der Waals surface area contributed by atoms with Gasteiger partial charge in [0.2, 0.25) is 11.7 Å². The molecule has 4 rings (SSSR count). The van der Waals surface area contributed by atoms with E-state index in [0.717, 1.165) is 56.1 Å². The summed E-state index contributed by atoms with van der Waals surface area (Å²) >= 11 is 0. The van der Waals surface area contributed by atoms with Crippen LogP contribution in [-0.2, 0) is 17.6 Å². The van der Waals surface area contributed by atoms with Gasteiger partial charge < -0.3 is 14.6 Å². The van der Waals surface area contributed by atoms with Crippen molar-refractivity contribution in [2.24, 2.45) is 0 Å². The van der Waals surface area contributed by atoms with E-state index >= 15 is 0 Å². The fourth-order valence-corrected chi connectivity index (χ4v) is 3.76. The van der Waals surface area contributed by atoms with E-state index < -0.39 is 0 Å². The number of hydrogen-bond acceptors (Lipinski definition) is 5. The van der Waals surface area contributed by atoms with Crippen LogP contribution in [0.4, 0.5) is 4.79 Å². The molecule has 1 saturated carbocycles. The zero-order valence-electron chi connectivity index (χ0n) is 14.5. The minimum absolute atomic E-state index is 0.0226. The van der Waals surface area contributed by atoms with Crippen LogP contribution in [-0.4, -0.2) is 22.3 Å². The van der Waals surface area contributed by atoms with Crippen LogP contribution in [0.2, 0.25) is 0 Å². The Hall–Kier alpha value is -2.37. The Balaban J connectivity index is 1.44. The molecule has 0 bridgehead atoms. The minimum Gasteiger partial charge on any atom is -0.446 e. The van der Waals surface area contributed by atoms with Crippen LogP contribution in [0.1, 0.15) is 62.1 Å². The molecule has 1 heterocycles. The maximum atomic E-state index is 12.1. The number of carbonyl (C=O) groups is 1. The molecule has 1 N–H and O–H groups in total. The second-order valence-electron chi connectivity index (χ2n) is 6.83. The smallest absolute Gasteiger partial charge is 0.407 e. The molecule has 0 unspecified atom stereocenters. The maximum absolute atomic E-state index is 12.1. The van der Waals surface area contributed by atoms with Gasteiger partial charge in [-0.1, -0.05) is 24.2 Å². The van der Waals surface area contributed by atoms with Gasteiger partial charge in [-0.25, -0.2) is 4.79 Å². The number of nitrogens with one attached hydrogen (secondary N) is 1. The number of hydrogen-bond donors (Lipinski definition) is 1. The number of aromatic nitrogens is 2. The van der Waals surface area contributed by atoms with Crippen LogP contribution in [0, 0.1) is 0 Å². The molecule has 132 valence electrons. The lowest BCUT2D eigenvalue weighted by molar-refractivity contribution is 0.0978. The third-order valence-electron chi connectivity index (χ3n) is 5.12. The number of rotatable bonds is 4. The van der Waals surface area contributed by atoms with E-state index in [2.05, 4.69) is 27.6 Å². The number of amides is 1. The van der Waals surface area contributed by atoms with E-state index in [1.807, 2.05) is 13.0 Å².